The molecule has 0 aliphatic carbocycles. The minimum absolute atomic E-state index is 0. The summed E-state index contributed by atoms with van der Waals surface area (Å²) >= 11 is 0. The summed E-state index contributed by atoms with van der Waals surface area (Å²) in [5.41, 5.74) is 1.29. The molecule has 0 aliphatic heterocycles. The molecular weight excluding hydrogens is 461 g/mol. The first-order valence-electron chi connectivity index (χ1n) is 10.2. The van der Waals surface area contributed by atoms with Crippen molar-refractivity contribution in [2.45, 2.75) is 59.5 Å². The lowest BCUT2D eigenvalue weighted by molar-refractivity contribution is 0.489. The van der Waals surface area contributed by atoms with Gasteiger partial charge in [-0.15, -0.1) is 24.0 Å². The summed E-state index contributed by atoms with van der Waals surface area (Å²) in [4.78, 5) is 9.26. The number of hydrogen-bond donors (Lipinski definition) is 2. The molecule has 0 saturated heterocycles. The van der Waals surface area contributed by atoms with Crippen LogP contribution in [0, 0.1) is 5.92 Å². The van der Waals surface area contributed by atoms with Crippen LogP contribution < -0.4 is 10.6 Å². The second kappa shape index (κ2) is 13.6. The van der Waals surface area contributed by atoms with Gasteiger partial charge < -0.3 is 15.2 Å². The van der Waals surface area contributed by atoms with Crippen molar-refractivity contribution in [2.24, 2.45) is 10.9 Å². The third kappa shape index (κ3) is 9.08. The van der Waals surface area contributed by atoms with Crippen LogP contribution in [0.15, 0.2) is 47.7 Å². The Bertz CT molecular complexity index is 681. The first-order chi connectivity index (χ1) is 13.1. The van der Waals surface area contributed by atoms with E-state index in [0.717, 1.165) is 50.2 Å². The van der Waals surface area contributed by atoms with E-state index in [1.54, 1.807) is 0 Å². The number of nitrogens with zero attached hydrogens (tertiary/aromatic N) is 3. The molecule has 0 radical (unpaired) electrons. The molecule has 1 aromatic carbocycles. The SMILES string of the molecule is CCNC(=NCCc1nccn1Cc1ccccc1)NC(C)CCC(C)C.I. The maximum absolute atomic E-state index is 4.74. The Morgan fingerprint density at radius 1 is 1.14 bits per heavy atom. The highest BCUT2D eigenvalue weighted by atomic mass is 127. The zero-order chi connectivity index (χ0) is 19.5. The van der Waals surface area contributed by atoms with Gasteiger partial charge in [-0.1, -0.05) is 44.2 Å². The molecule has 1 aromatic heterocycles. The van der Waals surface area contributed by atoms with Crippen molar-refractivity contribution >= 4 is 29.9 Å². The van der Waals surface area contributed by atoms with Crippen molar-refractivity contribution in [3.8, 4) is 0 Å². The number of hydrogen-bond acceptors (Lipinski definition) is 2. The largest absolute Gasteiger partial charge is 0.357 e. The van der Waals surface area contributed by atoms with Gasteiger partial charge in [0.15, 0.2) is 5.96 Å². The Balaban J connectivity index is 0.00000392. The van der Waals surface area contributed by atoms with Crippen molar-refractivity contribution in [3.63, 3.8) is 0 Å². The molecule has 28 heavy (non-hydrogen) atoms. The van der Waals surface area contributed by atoms with Crippen LogP contribution in [-0.4, -0.2) is 34.6 Å². The van der Waals surface area contributed by atoms with Gasteiger partial charge in [0.25, 0.3) is 0 Å². The minimum Gasteiger partial charge on any atom is -0.357 e. The molecule has 1 heterocycles. The highest BCUT2D eigenvalue weighted by molar-refractivity contribution is 14.0. The van der Waals surface area contributed by atoms with Gasteiger partial charge in [-0.05, 0) is 38.2 Å². The van der Waals surface area contributed by atoms with E-state index >= 15 is 0 Å². The van der Waals surface area contributed by atoms with E-state index in [4.69, 9.17) is 4.99 Å². The maximum atomic E-state index is 4.74. The first kappa shape index (κ1) is 24.5. The molecule has 2 rings (SSSR count). The van der Waals surface area contributed by atoms with E-state index in [1.807, 2.05) is 18.5 Å². The van der Waals surface area contributed by atoms with Gasteiger partial charge in [0.2, 0.25) is 0 Å². The Hall–Kier alpha value is -1.57. The number of halogens is 1. The summed E-state index contributed by atoms with van der Waals surface area (Å²) in [5, 5.41) is 6.87. The highest BCUT2D eigenvalue weighted by Crippen LogP contribution is 2.07. The molecule has 6 heteroatoms. The molecule has 156 valence electrons. The van der Waals surface area contributed by atoms with Crippen LogP contribution in [0.4, 0.5) is 0 Å². The molecule has 0 spiro atoms. The number of rotatable bonds is 10. The summed E-state index contributed by atoms with van der Waals surface area (Å²) in [7, 11) is 0. The molecule has 1 atom stereocenters. The molecule has 1 unspecified atom stereocenters. The first-order valence-corrected chi connectivity index (χ1v) is 10.2. The molecule has 0 saturated carbocycles. The lowest BCUT2D eigenvalue weighted by Gasteiger charge is -2.18. The third-order valence-electron chi connectivity index (χ3n) is 4.51. The third-order valence-corrected chi connectivity index (χ3v) is 4.51. The van der Waals surface area contributed by atoms with E-state index in [9.17, 15) is 0 Å². The van der Waals surface area contributed by atoms with Crippen molar-refractivity contribution < 1.29 is 0 Å². The zero-order valence-electron chi connectivity index (χ0n) is 17.7. The van der Waals surface area contributed by atoms with E-state index in [2.05, 4.69) is 72.1 Å². The molecule has 0 amide bonds. The number of aromatic nitrogens is 2. The van der Waals surface area contributed by atoms with Gasteiger partial charge in [-0.3, -0.25) is 4.99 Å². The van der Waals surface area contributed by atoms with E-state index in [-0.39, 0.29) is 24.0 Å². The lowest BCUT2D eigenvalue weighted by atomic mass is 10.0. The van der Waals surface area contributed by atoms with Gasteiger partial charge in [-0.25, -0.2) is 4.98 Å². The Kier molecular flexibility index (Phi) is 11.9. The van der Waals surface area contributed by atoms with Gasteiger partial charge in [0, 0.05) is 44.5 Å². The molecule has 2 N–H and O–H groups in total. The Morgan fingerprint density at radius 3 is 2.57 bits per heavy atom. The Morgan fingerprint density at radius 2 is 1.89 bits per heavy atom. The topological polar surface area (TPSA) is 54.2 Å². The fraction of sp³-hybridized carbons (Fsp3) is 0.545. The van der Waals surface area contributed by atoms with Crippen molar-refractivity contribution in [2.75, 3.05) is 13.1 Å². The average Bonchev–Trinajstić information content (AvgIpc) is 3.08. The summed E-state index contributed by atoms with van der Waals surface area (Å²) in [6.45, 7) is 11.3. The predicted molar refractivity (Wildman–Crippen MR) is 130 cm³/mol. The van der Waals surface area contributed by atoms with Crippen molar-refractivity contribution in [1.82, 2.24) is 20.2 Å². The van der Waals surface area contributed by atoms with Crippen molar-refractivity contribution in [1.29, 1.82) is 0 Å². The molecule has 0 aliphatic rings. The van der Waals surface area contributed by atoms with Gasteiger partial charge >= 0.3 is 0 Å². The van der Waals surface area contributed by atoms with Gasteiger partial charge in [-0.2, -0.15) is 0 Å². The van der Waals surface area contributed by atoms with E-state index < -0.39 is 0 Å². The normalized spacial score (nSPS) is 12.5. The highest BCUT2D eigenvalue weighted by Gasteiger charge is 2.07. The van der Waals surface area contributed by atoms with Crippen LogP contribution in [0.3, 0.4) is 0 Å². The monoisotopic (exact) mass is 497 g/mol. The average molecular weight is 497 g/mol. The molecule has 5 nitrogen and oxygen atoms in total. The maximum Gasteiger partial charge on any atom is 0.191 e. The van der Waals surface area contributed by atoms with Crippen LogP contribution in [0.2, 0.25) is 0 Å². The number of imidazole rings is 1. The summed E-state index contributed by atoms with van der Waals surface area (Å²) in [5.74, 6) is 2.71. The second-order valence-corrected chi connectivity index (χ2v) is 7.48. The van der Waals surface area contributed by atoms with Gasteiger partial charge in [0.1, 0.15) is 5.82 Å². The molecule has 2 aromatic rings. The van der Waals surface area contributed by atoms with E-state index in [0.29, 0.717) is 6.04 Å². The molecular formula is C22H36IN5. The zero-order valence-corrected chi connectivity index (χ0v) is 20.0. The molecule has 0 fully saturated rings. The van der Waals surface area contributed by atoms with Crippen LogP contribution in [0.5, 0.6) is 0 Å². The fourth-order valence-corrected chi connectivity index (χ4v) is 2.97. The fourth-order valence-electron chi connectivity index (χ4n) is 2.97. The van der Waals surface area contributed by atoms with Crippen LogP contribution in [0.25, 0.3) is 0 Å². The number of aliphatic imine (C=N–C) groups is 1. The van der Waals surface area contributed by atoms with Gasteiger partial charge in [0.05, 0.1) is 0 Å². The quantitative estimate of drug-likeness (QED) is 0.289. The smallest absolute Gasteiger partial charge is 0.191 e. The van der Waals surface area contributed by atoms with Crippen LogP contribution in [0.1, 0.15) is 51.9 Å². The number of guanidine groups is 1. The van der Waals surface area contributed by atoms with Crippen LogP contribution in [-0.2, 0) is 13.0 Å². The number of nitrogens with one attached hydrogen (secondary N) is 2. The minimum atomic E-state index is 0. The number of benzene rings is 1. The summed E-state index contributed by atoms with van der Waals surface area (Å²) < 4.78 is 2.20. The predicted octanol–water partition coefficient (Wildman–Crippen LogP) is 4.47. The van der Waals surface area contributed by atoms with E-state index in [1.165, 1.54) is 12.0 Å². The van der Waals surface area contributed by atoms with Crippen LogP contribution >= 0.6 is 24.0 Å². The summed E-state index contributed by atoms with van der Waals surface area (Å²) in [6.07, 6.45) is 7.13. The lowest BCUT2D eigenvalue weighted by Crippen LogP contribution is -2.42. The standard InChI is InChI=1S/C22H35N5.HI/c1-5-23-22(26-19(4)12-11-18(2)3)25-14-13-21-24-15-16-27(21)17-20-9-7-6-8-10-20;/h6-10,15-16,18-19H,5,11-14,17H2,1-4H3,(H2,23,25,26);1H. The van der Waals surface area contributed by atoms with Crippen molar-refractivity contribution in [3.05, 3.63) is 54.1 Å². The second-order valence-electron chi connectivity index (χ2n) is 7.48. The Labute approximate surface area is 187 Å². The summed E-state index contributed by atoms with van der Waals surface area (Å²) in [6, 6.07) is 10.9. The molecule has 0 bridgehead atoms.